The quantitative estimate of drug-likeness (QED) is 0.847. The number of piperidine rings is 1. The second kappa shape index (κ2) is 7.60. The molecule has 0 bridgehead atoms. The van der Waals surface area contributed by atoms with E-state index in [1.807, 2.05) is 12.3 Å². The number of likely N-dealkylation sites (tertiary alicyclic amines) is 1. The number of hydrogen-bond donors (Lipinski definition) is 1. The first-order valence-electron chi connectivity index (χ1n) is 10.4. The fourth-order valence-corrected chi connectivity index (χ4v) is 4.41. The van der Waals surface area contributed by atoms with Gasteiger partial charge in [-0.2, -0.15) is 0 Å². The highest BCUT2D eigenvalue weighted by Gasteiger charge is 2.30. The lowest BCUT2D eigenvalue weighted by atomic mass is 10.0. The Hall–Kier alpha value is -1.92. The monoisotopic (exact) mass is 367 g/mol. The summed E-state index contributed by atoms with van der Waals surface area (Å²) in [7, 11) is 0. The van der Waals surface area contributed by atoms with Gasteiger partial charge in [0, 0.05) is 56.1 Å². The van der Waals surface area contributed by atoms with Crippen LogP contribution < -0.4 is 10.2 Å². The summed E-state index contributed by atoms with van der Waals surface area (Å²) >= 11 is 0. The number of furan rings is 1. The SMILES string of the molecule is c1coc(CN2CCC(NC3CCN(c4nccc(C5CC5)n4)C3)CC2)c1. The molecule has 0 amide bonds. The number of nitrogens with one attached hydrogen (secondary N) is 1. The predicted octanol–water partition coefficient (Wildman–Crippen LogP) is 2.78. The first-order chi connectivity index (χ1) is 13.3. The van der Waals surface area contributed by atoms with Gasteiger partial charge in [-0.15, -0.1) is 0 Å². The standard InChI is InChI=1S/C21H29N5O/c1-2-19(27-13-1)15-25-10-6-17(7-11-25)23-18-8-12-26(14-18)21-22-9-5-20(24-21)16-3-4-16/h1-2,5,9,13,16-18,23H,3-4,6-8,10-12,14-15H2. The van der Waals surface area contributed by atoms with Crippen LogP contribution in [0.25, 0.3) is 0 Å². The number of anilines is 1. The molecule has 5 rings (SSSR count). The summed E-state index contributed by atoms with van der Waals surface area (Å²) in [5.41, 5.74) is 1.24. The number of hydrogen-bond acceptors (Lipinski definition) is 6. The maximum Gasteiger partial charge on any atom is 0.225 e. The summed E-state index contributed by atoms with van der Waals surface area (Å²) in [6.07, 6.45) is 9.89. The highest BCUT2D eigenvalue weighted by Crippen LogP contribution is 2.39. The molecule has 6 heteroatoms. The largest absolute Gasteiger partial charge is 0.468 e. The molecule has 1 N–H and O–H groups in total. The average Bonchev–Trinajstić information content (AvgIpc) is 3.23. The van der Waals surface area contributed by atoms with Gasteiger partial charge in [0.2, 0.25) is 5.95 Å². The fourth-order valence-electron chi connectivity index (χ4n) is 4.41. The molecule has 1 saturated carbocycles. The molecule has 2 aromatic rings. The van der Waals surface area contributed by atoms with Crippen molar-refractivity contribution >= 4 is 5.95 Å². The normalized spacial score (nSPS) is 24.6. The lowest BCUT2D eigenvalue weighted by molar-refractivity contribution is 0.174. The van der Waals surface area contributed by atoms with E-state index in [4.69, 9.17) is 9.40 Å². The van der Waals surface area contributed by atoms with Gasteiger partial charge in [0.1, 0.15) is 5.76 Å². The Morgan fingerprint density at radius 3 is 2.67 bits per heavy atom. The Bertz CT molecular complexity index is 737. The summed E-state index contributed by atoms with van der Waals surface area (Å²) in [4.78, 5) is 14.2. The molecule has 1 aliphatic carbocycles. The van der Waals surface area contributed by atoms with Crippen LogP contribution in [0.15, 0.2) is 35.1 Å². The first kappa shape index (κ1) is 17.2. The zero-order chi connectivity index (χ0) is 18.1. The summed E-state index contributed by atoms with van der Waals surface area (Å²) in [5, 5.41) is 3.90. The van der Waals surface area contributed by atoms with Gasteiger partial charge in [-0.25, -0.2) is 9.97 Å². The zero-order valence-electron chi connectivity index (χ0n) is 15.9. The predicted molar refractivity (Wildman–Crippen MR) is 105 cm³/mol. The maximum absolute atomic E-state index is 5.48. The van der Waals surface area contributed by atoms with Gasteiger partial charge in [-0.05, 0) is 50.3 Å². The van der Waals surface area contributed by atoms with Gasteiger partial charge < -0.3 is 14.6 Å². The van der Waals surface area contributed by atoms with E-state index in [9.17, 15) is 0 Å². The first-order valence-corrected chi connectivity index (χ1v) is 10.4. The molecule has 4 heterocycles. The highest BCUT2D eigenvalue weighted by molar-refractivity contribution is 5.34. The van der Waals surface area contributed by atoms with Gasteiger partial charge in [-0.1, -0.05) is 0 Å². The van der Waals surface area contributed by atoms with Crippen LogP contribution in [0, 0.1) is 0 Å². The molecule has 1 unspecified atom stereocenters. The lowest BCUT2D eigenvalue weighted by Crippen LogP contribution is -2.46. The van der Waals surface area contributed by atoms with Crippen LogP contribution in [0.5, 0.6) is 0 Å². The molecule has 27 heavy (non-hydrogen) atoms. The van der Waals surface area contributed by atoms with Gasteiger partial charge in [0.05, 0.1) is 12.8 Å². The third-order valence-electron chi connectivity index (χ3n) is 6.15. The Kier molecular flexibility index (Phi) is 4.84. The number of rotatable bonds is 6. The Balaban J connectivity index is 1.09. The number of nitrogens with zero attached hydrogens (tertiary/aromatic N) is 4. The van der Waals surface area contributed by atoms with Crippen molar-refractivity contribution in [2.45, 2.75) is 56.7 Å². The molecule has 2 aromatic heterocycles. The molecule has 0 radical (unpaired) electrons. The van der Waals surface area contributed by atoms with Crippen LogP contribution >= 0.6 is 0 Å². The second-order valence-electron chi connectivity index (χ2n) is 8.28. The second-order valence-corrected chi connectivity index (χ2v) is 8.28. The van der Waals surface area contributed by atoms with Crippen molar-refractivity contribution in [1.82, 2.24) is 20.2 Å². The van der Waals surface area contributed by atoms with Crippen LogP contribution in [-0.4, -0.2) is 53.1 Å². The minimum Gasteiger partial charge on any atom is -0.468 e. The highest BCUT2D eigenvalue weighted by atomic mass is 16.3. The molecule has 2 saturated heterocycles. The van der Waals surface area contributed by atoms with E-state index in [1.54, 1.807) is 6.26 Å². The summed E-state index contributed by atoms with van der Waals surface area (Å²) in [5.74, 6) is 2.69. The van der Waals surface area contributed by atoms with E-state index >= 15 is 0 Å². The van der Waals surface area contributed by atoms with E-state index in [2.05, 4.69) is 32.2 Å². The third kappa shape index (κ3) is 4.17. The van der Waals surface area contributed by atoms with Gasteiger partial charge >= 0.3 is 0 Å². The maximum atomic E-state index is 5.48. The Labute approximate surface area is 161 Å². The lowest BCUT2D eigenvalue weighted by Gasteiger charge is -2.33. The van der Waals surface area contributed by atoms with Gasteiger partial charge in [0.25, 0.3) is 0 Å². The van der Waals surface area contributed by atoms with E-state index in [1.165, 1.54) is 37.8 Å². The van der Waals surface area contributed by atoms with Crippen molar-refractivity contribution in [2.24, 2.45) is 0 Å². The fraction of sp³-hybridized carbons (Fsp3) is 0.619. The topological polar surface area (TPSA) is 57.4 Å². The van der Waals surface area contributed by atoms with Gasteiger partial charge in [-0.3, -0.25) is 4.90 Å². The van der Waals surface area contributed by atoms with E-state index in [0.29, 0.717) is 18.0 Å². The smallest absolute Gasteiger partial charge is 0.225 e. The summed E-state index contributed by atoms with van der Waals surface area (Å²) in [6, 6.07) is 7.31. The molecule has 6 nitrogen and oxygen atoms in total. The Morgan fingerprint density at radius 1 is 1.04 bits per heavy atom. The molecule has 1 atom stereocenters. The molecule has 144 valence electrons. The van der Waals surface area contributed by atoms with Crippen LogP contribution in [0.2, 0.25) is 0 Å². The molecule has 0 aromatic carbocycles. The molecule has 3 aliphatic rings. The molecule has 0 spiro atoms. The molecular weight excluding hydrogens is 338 g/mol. The van der Waals surface area contributed by atoms with Crippen molar-refractivity contribution in [2.75, 3.05) is 31.1 Å². The summed E-state index contributed by atoms with van der Waals surface area (Å²) in [6.45, 7) is 5.30. The van der Waals surface area contributed by atoms with Crippen LogP contribution in [0.1, 0.15) is 49.5 Å². The van der Waals surface area contributed by atoms with Crippen molar-refractivity contribution in [1.29, 1.82) is 0 Å². The van der Waals surface area contributed by atoms with Crippen molar-refractivity contribution in [3.8, 4) is 0 Å². The van der Waals surface area contributed by atoms with Crippen LogP contribution in [-0.2, 0) is 6.54 Å². The van der Waals surface area contributed by atoms with Crippen LogP contribution in [0.4, 0.5) is 5.95 Å². The summed E-state index contributed by atoms with van der Waals surface area (Å²) < 4.78 is 5.48. The van der Waals surface area contributed by atoms with Gasteiger partial charge in [0.15, 0.2) is 0 Å². The van der Waals surface area contributed by atoms with E-state index in [0.717, 1.165) is 44.4 Å². The number of aromatic nitrogens is 2. The molecular formula is C21H29N5O. The minimum absolute atomic E-state index is 0.555. The molecule has 3 fully saturated rings. The van der Waals surface area contributed by atoms with Crippen LogP contribution in [0.3, 0.4) is 0 Å². The average molecular weight is 367 g/mol. The van der Waals surface area contributed by atoms with Crippen molar-refractivity contribution < 1.29 is 4.42 Å². The van der Waals surface area contributed by atoms with Crippen molar-refractivity contribution in [3.63, 3.8) is 0 Å². The Morgan fingerprint density at radius 2 is 1.89 bits per heavy atom. The minimum atomic E-state index is 0.555. The van der Waals surface area contributed by atoms with E-state index < -0.39 is 0 Å². The molecule has 2 aliphatic heterocycles. The third-order valence-corrected chi connectivity index (χ3v) is 6.15. The zero-order valence-corrected chi connectivity index (χ0v) is 15.9. The van der Waals surface area contributed by atoms with E-state index in [-0.39, 0.29) is 0 Å². The van der Waals surface area contributed by atoms with Crippen molar-refractivity contribution in [3.05, 3.63) is 42.1 Å².